The van der Waals surface area contributed by atoms with Gasteiger partial charge in [0.2, 0.25) is 11.8 Å². The summed E-state index contributed by atoms with van der Waals surface area (Å²) in [6, 6.07) is 8.50. The van der Waals surface area contributed by atoms with Crippen molar-refractivity contribution in [1.82, 2.24) is 10.6 Å². The Balaban J connectivity index is 1.70. The molecule has 5 rings (SSSR count). The number of carbonyl (C=O) groups is 2. The smallest absolute Gasteiger partial charge is 0.238 e. The largest absolute Gasteiger partial charge is 0.393 e. The second-order valence-electron chi connectivity index (χ2n) is 11.5. The van der Waals surface area contributed by atoms with Gasteiger partial charge in [-0.15, -0.1) is 0 Å². The van der Waals surface area contributed by atoms with Crippen LogP contribution in [0.1, 0.15) is 57.1 Å². The van der Waals surface area contributed by atoms with Gasteiger partial charge in [0.15, 0.2) is 0 Å². The van der Waals surface area contributed by atoms with Crippen LogP contribution in [0.4, 0.5) is 10.1 Å². The van der Waals surface area contributed by atoms with Gasteiger partial charge in [0, 0.05) is 28.7 Å². The summed E-state index contributed by atoms with van der Waals surface area (Å²) in [6.45, 7) is 6.20. The number of benzene rings is 2. The highest BCUT2D eigenvalue weighted by atomic mass is 35.5. The predicted octanol–water partition coefficient (Wildman–Crippen LogP) is 4.52. The summed E-state index contributed by atoms with van der Waals surface area (Å²) in [5.41, 5.74) is 0.150. The Hall–Kier alpha value is -2.19. The van der Waals surface area contributed by atoms with Crippen molar-refractivity contribution >= 4 is 40.7 Å². The second-order valence-corrected chi connectivity index (χ2v) is 12.3. The van der Waals surface area contributed by atoms with Crippen LogP contribution in [-0.2, 0) is 15.0 Å². The van der Waals surface area contributed by atoms with E-state index in [0.29, 0.717) is 41.1 Å². The van der Waals surface area contributed by atoms with Crippen molar-refractivity contribution in [3.05, 3.63) is 63.4 Å². The molecule has 2 heterocycles. The lowest BCUT2D eigenvalue weighted by atomic mass is 9.62. The minimum atomic E-state index is -1.28. The molecule has 2 amide bonds. The first-order valence-electron chi connectivity index (χ1n) is 12.2. The molecule has 0 aromatic heterocycles. The van der Waals surface area contributed by atoms with Crippen molar-refractivity contribution in [3.8, 4) is 0 Å². The summed E-state index contributed by atoms with van der Waals surface area (Å²) in [7, 11) is 0. The molecule has 9 heteroatoms. The van der Waals surface area contributed by atoms with Crippen molar-refractivity contribution in [2.24, 2.45) is 5.41 Å². The van der Waals surface area contributed by atoms with Gasteiger partial charge >= 0.3 is 0 Å². The standard InChI is InChI=1S/C27H30Cl2FN3O3/c1-26(2,3)12-21-27(17-10-19(30)18(29)11-20(17)32-25(27)36)22(13-5-4-6-14(28)7-13)23(33-21)24(35)31-15-8-16(34)9-15/h4-7,10-11,15-16,21-23,33-34H,8-9,12H2,1-3H3,(H,31,35)(H,32,36)/t15?,16?,21-,22-,23+,27+/m0/s1. The number of hydrogen-bond acceptors (Lipinski definition) is 4. The minimum absolute atomic E-state index is 0.0819. The Kier molecular flexibility index (Phi) is 6.35. The number of carbonyl (C=O) groups excluding carboxylic acids is 2. The average molecular weight is 534 g/mol. The van der Waals surface area contributed by atoms with E-state index in [9.17, 15) is 19.1 Å². The maximum absolute atomic E-state index is 14.9. The molecule has 3 aliphatic rings. The highest BCUT2D eigenvalue weighted by molar-refractivity contribution is 6.31. The number of hydrogen-bond donors (Lipinski definition) is 4. The van der Waals surface area contributed by atoms with Gasteiger partial charge in [-0.05, 0) is 60.1 Å². The van der Waals surface area contributed by atoms with E-state index >= 15 is 0 Å². The van der Waals surface area contributed by atoms with Crippen molar-refractivity contribution in [2.75, 3.05) is 5.32 Å². The fraction of sp³-hybridized carbons (Fsp3) is 0.481. The fourth-order valence-corrected chi connectivity index (χ4v) is 6.49. The maximum atomic E-state index is 14.9. The zero-order valence-corrected chi connectivity index (χ0v) is 21.9. The van der Waals surface area contributed by atoms with Crippen LogP contribution < -0.4 is 16.0 Å². The summed E-state index contributed by atoms with van der Waals surface area (Å²) >= 11 is 12.5. The summed E-state index contributed by atoms with van der Waals surface area (Å²) < 4.78 is 14.9. The molecule has 6 nitrogen and oxygen atoms in total. The predicted molar refractivity (Wildman–Crippen MR) is 138 cm³/mol. The monoisotopic (exact) mass is 533 g/mol. The van der Waals surface area contributed by atoms with Gasteiger partial charge in [-0.3, -0.25) is 9.59 Å². The number of anilines is 1. The molecule has 1 aliphatic carbocycles. The molecule has 2 aliphatic heterocycles. The number of nitrogens with one attached hydrogen (secondary N) is 3. The van der Waals surface area contributed by atoms with E-state index in [0.717, 1.165) is 0 Å². The molecule has 1 spiro atoms. The third kappa shape index (κ3) is 4.20. The van der Waals surface area contributed by atoms with Crippen LogP contribution in [0.15, 0.2) is 36.4 Å². The Morgan fingerprint density at radius 1 is 1.22 bits per heavy atom. The van der Waals surface area contributed by atoms with E-state index in [1.54, 1.807) is 18.2 Å². The molecule has 4 atom stereocenters. The Morgan fingerprint density at radius 2 is 1.94 bits per heavy atom. The molecule has 2 fully saturated rings. The zero-order chi connectivity index (χ0) is 26.0. The van der Waals surface area contributed by atoms with Crippen molar-refractivity contribution in [1.29, 1.82) is 0 Å². The summed E-state index contributed by atoms with van der Waals surface area (Å²) in [4.78, 5) is 27.7. The lowest BCUT2D eigenvalue weighted by molar-refractivity contribution is -0.125. The molecule has 36 heavy (non-hydrogen) atoms. The summed E-state index contributed by atoms with van der Waals surface area (Å²) in [5, 5.41) is 19.5. The van der Waals surface area contributed by atoms with Gasteiger partial charge < -0.3 is 21.1 Å². The van der Waals surface area contributed by atoms with E-state index in [1.165, 1.54) is 12.1 Å². The van der Waals surface area contributed by atoms with Gasteiger partial charge in [-0.1, -0.05) is 56.1 Å². The molecule has 2 aromatic rings. The van der Waals surface area contributed by atoms with E-state index in [4.69, 9.17) is 23.2 Å². The van der Waals surface area contributed by atoms with Crippen LogP contribution in [0.3, 0.4) is 0 Å². The number of aliphatic hydroxyl groups is 1. The highest BCUT2D eigenvalue weighted by Gasteiger charge is 2.66. The number of rotatable bonds is 4. The minimum Gasteiger partial charge on any atom is -0.393 e. The first-order chi connectivity index (χ1) is 16.9. The van der Waals surface area contributed by atoms with E-state index in [1.807, 2.05) is 6.07 Å². The Labute approximate surface area is 219 Å². The van der Waals surface area contributed by atoms with Crippen LogP contribution in [0.2, 0.25) is 10.0 Å². The van der Waals surface area contributed by atoms with Crippen molar-refractivity contribution in [3.63, 3.8) is 0 Å². The molecule has 2 aromatic carbocycles. The van der Waals surface area contributed by atoms with E-state index < -0.39 is 35.3 Å². The molecular weight excluding hydrogens is 504 g/mol. The van der Waals surface area contributed by atoms with Crippen molar-refractivity contribution in [2.45, 2.75) is 75.6 Å². The van der Waals surface area contributed by atoms with Gasteiger partial charge in [0.1, 0.15) is 11.2 Å². The van der Waals surface area contributed by atoms with Crippen LogP contribution in [-0.4, -0.2) is 41.2 Å². The molecule has 1 saturated carbocycles. The molecule has 192 valence electrons. The third-order valence-electron chi connectivity index (χ3n) is 7.65. The number of halogens is 3. The lowest BCUT2D eigenvalue weighted by Crippen LogP contribution is -2.53. The van der Waals surface area contributed by atoms with Gasteiger partial charge in [0.25, 0.3) is 0 Å². The molecule has 0 unspecified atom stereocenters. The first kappa shape index (κ1) is 25.5. The van der Waals surface area contributed by atoms with Crippen LogP contribution in [0.25, 0.3) is 0 Å². The van der Waals surface area contributed by atoms with Gasteiger partial charge in [-0.25, -0.2) is 4.39 Å². The molecule has 4 N–H and O–H groups in total. The maximum Gasteiger partial charge on any atom is 0.238 e. The number of amides is 2. The Morgan fingerprint density at radius 3 is 2.58 bits per heavy atom. The molecular formula is C27H30Cl2FN3O3. The Bertz CT molecular complexity index is 1230. The summed E-state index contributed by atoms with van der Waals surface area (Å²) in [6.07, 6.45) is 1.11. The van der Waals surface area contributed by atoms with Gasteiger partial charge in [-0.2, -0.15) is 0 Å². The average Bonchev–Trinajstić information content (AvgIpc) is 3.22. The fourth-order valence-electron chi connectivity index (χ4n) is 6.13. The zero-order valence-electron chi connectivity index (χ0n) is 20.4. The third-order valence-corrected chi connectivity index (χ3v) is 8.18. The lowest BCUT2D eigenvalue weighted by Gasteiger charge is -2.38. The topological polar surface area (TPSA) is 90.5 Å². The summed E-state index contributed by atoms with van der Waals surface area (Å²) in [5.74, 6) is -1.86. The number of fused-ring (bicyclic) bond motifs is 2. The highest BCUT2D eigenvalue weighted by Crippen LogP contribution is 2.57. The van der Waals surface area contributed by atoms with Crippen LogP contribution >= 0.6 is 23.2 Å². The van der Waals surface area contributed by atoms with E-state index in [2.05, 4.69) is 36.7 Å². The van der Waals surface area contributed by atoms with Crippen LogP contribution in [0, 0.1) is 11.2 Å². The second kappa shape index (κ2) is 8.98. The molecule has 1 saturated heterocycles. The molecule has 0 bridgehead atoms. The van der Waals surface area contributed by atoms with E-state index in [-0.39, 0.29) is 28.3 Å². The van der Waals surface area contributed by atoms with Gasteiger partial charge in [0.05, 0.1) is 17.2 Å². The molecule has 0 radical (unpaired) electrons. The van der Waals surface area contributed by atoms with Crippen LogP contribution in [0.5, 0.6) is 0 Å². The van der Waals surface area contributed by atoms with Crippen molar-refractivity contribution < 1.29 is 19.1 Å². The number of aliphatic hydroxyl groups excluding tert-OH is 1. The SMILES string of the molecule is CC(C)(C)C[C@@H]1N[C@@H](C(=O)NC2CC(O)C2)[C@H](c2cccc(Cl)c2)[C@]12C(=O)Nc1cc(Cl)c(F)cc12. The quantitative estimate of drug-likeness (QED) is 0.465. The normalized spacial score (nSPS) is 31.2. The first-order valence-corrected chi connectivity index (χ1v) is 13.0.